The fourth-order valence-corrected chi connectivity index (χ4v) is 6.38. The summed E-state index contributed by atoms with van der Waals surface area (Å²) in [7, 11) is 0. The van der Waals surface area contributed by atoms with E-state index in [2.05, 4.69) is 97.1 Å². The van der Waals surface area contributed by atoms with Crippen LogP contribution in [0.1, 0.15) is 29.0 Å². The van der Waals surface area contributed by atoms with Crippen molar-refractivity contribution in [2.24, 2.45) is 0 Å². The van der Waals surface area contributed by atoms with E-state index in [1.807, 2.05) is 4.90 Å². The predicted molar refractivity (Wildman–Crippen MR) is 146 cm³/mol. The summed E-state index contributed by atoms with van der Waals surface area (Å²) < 4.78 is 11.9. The second kappa shape index (κ2) is 9.20. The number of hydrogen-bond acceptors (Lipinski definition) is 3. The van der Waals surface area contributed by atoms with Crippen LogP contribution in [0.25, 0.3) is 21.9 Å². The Morgan fingerprint density at radius 3 is 2.30 bits per heavy atom. The van der Waals surface area contributed by atoms with Crippen molar-refractivity contribution in [2.45, 2.75) is 30.8 Å². The van der Waals surface area contributed by atoms with Crippen LogP contribution >= 0.6 is 0 Å². The molecule has 4 aromatic carbocycles. The summed E-state index contributed by atoms with van der Waals surface area (Å²) in [4.78, 5) is 15.3. The number of nitrogens with zero attached hydrogens (tertiary/aromatic N) is 1. The van der Waals surface area contributed by atoms with E-state index in [-0.39, 0.29) is 24.1 Å². The molecule has 37 heavy (non-hydrogen) atoms. The molecule has 2 unspecified atom stereocenters. The number of hydrogen-bond donors (Lipinski definition) is 0. The molecule has 4 nitrogen and oxygen atoms in total. The highest BCUT2D eigenvalue weighted by atomic mass is 16.6. The zero-order valence-corrected chi connectivity index (χ0v) is 20.7. The maximum atomic E-state index is 13.4. The van der Waals surface area contributed by atoms with Gasteiger partial charge in [0.15, 0.2) is 0 Å². The van der Waals surface area contributed by atoms with Crippen molar-refractivity contribution in [3.8, 4) is 11.1 Å². The molecule has 0 saturated carbocycles. The first-order valence-corrected chi connectivity index (χ1v) is 13.1. The molecule has 0 spiro atoms. The molecule has 0 aromatic heterocycles. The molecule has 1 saturated heterocycles. The first-order chi connectivity index (χ1) is 18.2. The molecule has 1 aliphatic carbocycles. The van der Waals surface area contributed by atoms with E-state index >= 15 is 0 Å². The van der Waals surface area contributed by atoms with Gasteiger partial charge >= 0.3 is 6.09 Å². The van der Waals surface area contributed by atoms with Gasteiger partial charge < -0.3 is 9.47 Å². The average Bonchev–Trinajstić information content (AvgIpc) is 3.25. The predicted octanol–water partition coefficient (Wildman–Crippen LogP) is 6.73. The Bertz CT molecular complexity index is 1480. The number of benzene rings is 4. The quantitative estimate of drug-likeness (QED) is 0.300. The third kappa shape index (κ3) is 4.02. The lowest BCUT2D eigenvalue weighted by Gasteiger charge is -2.44. The number of fused-ring (bicyclic) bond motifs is 6. The molecule has 3 aliphatic rings. The van der Waals surface area contributed by atoms with Crippen LogP contribution in [0.3, 0.4) is 0 Å². The highest BCUT2D eigenvalue weighted by Crippen LogP contribution is 2.44. The minimum atomic E-state index is -0.235. The normalized spacial score (nSPS) is 20.3. The van der Waals surface area contributed by atoms with Crippen LogP contribution in [0.15, 0.2) is 103 Å². The van der Waals surface area contributed by atoms with Gasteiger partial charge in [-0.2, -0.15) is 0 Å². The van der Waals surface area contributed by atoms with Gasteiger partial charge in [-0.25, -0.2) is 4.79 Å². The van der Waals surface area contributed by atoms with Gasteiger partial charge in [-0.05, 0) is 51.4 Å². The number of rotatable bonds is 4. The second-order valence-corrected chi connectivity index (χ2v) is 10.4. The lowest BCUT2D eigenvalue weighted by molar-refractivity contribution is -0.0363. The molecule has 2 bridgehead atoms. The van der Waals surface area contributed by atoms with E-state index < -0.39 is 0 Å². The van der Waals surface area contributed by atoms with Gasteiger partial charge in [0.2, 0.25) is 0 Å². The first kappa shape index (κ1) is 22.3. The second-order valence-electron chi connectivity index (χ2n) is 10.4. The van der Waals surface area contributed by atoms with Gasteiger partial charge in [0.1, 0.15) is 6.61 Å². The van der Waals surface area contributed by atoms with Crippen LogP contribution < -0.4 is 0 Å². The molecule has 1 amide bonds. The Kier molecular flexibility index (Phi) is 5.55. The third-order valence-electron chi connectivity index (χ3n) is 8.07. The van der Waals surface area contributed by atoms with Gasteiger partial charge in [-0.15, -0.1) is 0 Å². The zero-order chi connectivity index (χ0) is 24.8. The third-order valence-corrected chi connectivity index (χ3v) is 8.07. The molecule has 2 atom stereocenters. The van der Waals surface area contributed by atoms with Crippen molar-refractivity contribution in [2.75, 3.05) is 19.8 Å². The van der Waals surface area contributed by atoms with Crippen LogP contribution in [0.2, 0.25) is 0 Å². The fraction of sp³-hybridized carbons (Fsp3) is 0.242. The highest BCUT2D eigenvalue weighted by Gasteiger charge is 2.39. The lowest BCUT2D eigenvalue weighted by atomic mass is 9.90. The molecule has 1 fully saturated rings. The number of amides is 1. The van der Waals surface area contributed by atoms with E-state index in [1.165, 1.54) is 44.2 Å². The van der Waals surface area contributed by atoms with E-state index in [0.29, 0.717) is 19.8 Å². The standard InChI is InChI=1S/C33H29NO3/c35-33(37-21-32-30-11-5-3-9-28(30)29-10-4-6-12-31(29)32)34-26-17-23(18-27(34)20-36-19-26)15-22-13-14-24-7-1-2-8-25(24)16-22/h1-14,16-17,26-27,32H,15,18-21H2. The SMILES string of the molecule is O=C(OCC1c2ccccc2-c2ccccc21)N1C2C=C(Cc3ccc4ccccc4c3)CC1COC2. The Balaban J connectivity index is 1.08. The highest BCUT2D eigenvalue weighted by molar-refractivity contribution is 5.83. The van der Waals surface area contributed by atoms with Crippen LogP contribution in [0.4, 0.5) is 4.79 Å². The molecular formula is C33H29NO3. The molecule has 7 rings (SSSR count). The largest absolute Gasteiger partial charge is 0.448 e. The summed E-state index contributed by atoms with van der Waals surface area (Å²) in [5.41, 5.74) is 7.62. The van der Waals surface area contributed by atoms with Crippen molar-refractivity contribution in [3.63, 3.8) is 0 Å². The Morgan fingerprint density at radius 1 is 0.838 bits per heavy atom. The smallest absolute Gasteiger partial charge is 0.410 e. The maximum Gasteiger partial charge on any atom is 0.410 e. The van der Waals surface area contributed by atoms with Crippen LogP contribution in [0, 0.1) is 0 Å². The zero-order valence-electron chi connectivity index (χ0n) is 20.7. The Hall–Kier alpha value is -3.89. The molecule has 184 valence electrons. The van der Waals surface area contributed by atoms with Gasteiger partial charge in [0.05, 0.1) is 25.3 Å². The molecule has 0 N–H and O–H groups in total. The summed E-state index contributed by atoms with van der Waals surface area (Å²) in [5.74, 6) is 0.0660. The summed E-state index contributed by atoms with van der Waals surface area (Å²) >= 11 is 0. The van der Waals surface area contributed by atoms with E-state index in [4.69, 9.17) is 9.47 Å². The topological polar surface area (TPSA) is 38.8 Å². The van der Waals surface area contributed by atoms with Gasteiger partial charge in [-0.3, -0.25) is 4.90 Å². The first-order valence-electron chi connectivity index (χ1n) is 13.1. The molecule has 4 aromatic rings. The summed E-state index contributed by atoms with van der Waals surface area (Å²) in [6.45, 7) is 1.41. The molecule has 0 radical (unpaired) electrons. The summed E-state index contributed by atoms with van der Waals surface area (Å²) in [6.07, 6.45) is 3.71. The van der Waals surface area contributed by atoms with Crippen LogP contribution in [0.5, 0.6) is 0 Å². The van der Waals surface area contributed by atoms with Crippen LogP contribution in [-0.2, 0) is 15.9 Å². The van der Waals surface area contributed by atoms with Crippen molar-refractivity contribution >= 4 is 16.9 Å². The Morgan fingerprint density at radius 2 is 1.54 bits per heavy atom. The van der Waals surface area contributed by atoms with Crippen molar-refractivity contribution in [1.82, 2.24) is 4.90 Å². The lowest BCUT2D eigenvalue weighted by Crippen LogP contribution is -2.56. The van der Waals surface area contributed by atoms with Crippen molar-refractivity contribution in [3.05, 3.63) is 119 Å². The minimum absolute atomic E-state index is 0.00913. The van der Waals surface area contributed by atoms with Gasteiger partial charge in [0, 0.05) is 5.92 Å². The molecule has 2 aliphatic heterocycles. The fourth-order valence-electron chi connectivity index (χ4n) is 6.38. The molecular weight excluding hydrogens is 458 g/mol. The van der Waals surface area contributed by atoms with Crippen molar-refractivity contribution in [1.29, 1.82) is 0 Å². The number of ether oxygens (including phenoxy) is 2. The average molecular weight is 488 g/mol. The molecule has 2 heterocycles. The Labute approximate surface area is 217 Å². The van der Waals surface area contributed by atoms with Gasteiger partial charge in [0.25, 0.3) is 0 Å². The number of carbonyl (C=O) groups is 1. The van der Waals surface area contributed by atoms with Crippen molar-refractivity contribution < 1.29 is 14.3 Å². The number of carbonyl (C=O) groups excluding carboxylic acids is 1. The number of morpholine rings is 1. The van der Waals surface area contributed by atoms with E-state index in [9.17, 15) is 4.79 Å². The maximum absolute atomic E-state index is 13.4. The summed E-state index contributed by atoms with van der Waals surface area (Å²) in [6, 6.07) is 32.0. The van der Waals surface area contributed by atoms with Gasteiger partial charge in [-0.1, -0.05) is 103 Å². The molecule has 4 heteroatoms. The van der Waals surface area contributed by atoms with E-state index in [0.717, 1.165) is 12.8 Å². The minimum Gasteiger partial charge on any atom is -0.448 e. The van der Waals surface area contributed by atoms with E-state index in [1.54, 1.807) is 0 Å². The summed E-state index contributed by atoms with van der Waals surface area (Å²) in [5, 5.41) is 2.52. The monoisotopic (exact) mass is 487 g/mol. The van der Waals surface area contributed by atoms with Crippen LogP contribution in [-0.4, -0.2) is 42.9 Å².